The Labute approximate surface area is 163 Å². The highest BCUT2D eigenvalue weighted by molar-refractivity contribution is 5.93. The summed E-state index contributed by atoms with van der Waals surface area (Å²) in [6, 6.07) is 12.0. The fourth-order valence-corrected chi connectivity index (χ4v) is 2.63. The number of fused-ring (bicyclic) bond motifs is 1. The second-order valence-electron chi connectivity index (χ2n) is 6.02. The summed E-state index contributed by atoms with van der Waals surface area (Å²) >= 11 is 0. The Kier molecular flexibility index (Phi) is 4.97. The van der Waals surface area contributed by atoms with Gasteiger partial charge in [0, 0.05) is 23.9 Å². The number of nitrogens with zero attached hydrogens (tertiary/aromatic N) is 4. The van der Waals surface area contributed by atoms with Crippen LogP contribution in [0.15, 0.2) is 59.5 Å². The van der Waals surface area contributed by atoms with E-state index >= 15 is 0 Å². The van der Waals surface area contributed by atoms with Gasteiger partial charge in [-0.3, -0.25) is 9.59 Å². The van der Waals surface area contributed by atoms with Crippen LogP contribution in [0.1, 0.15) is 10.4 Å². The summed E-state index contributed by atoms with van der Waals surface area (Å²) in [6.07, 6.45) is 1.34. The van der Waals surface area contributed by atoms with Crippen LogP contribution in [0.5, 0.6) is 5.88 Å². The molecule has 4 aromatic rings. The number of hydrogen-bond acceptors (Lipinski definition) is 6. The van der Waals surface area contributed by atoms with Crippen LogP contribution in [0, 0.1) is 5.82 Å². The quantitative estimate of drug-likeness (QED) is 0.478. The first-order chi connectivity index (χ1) is 14.1. The standard InChI is InChI=1S/C19H15FN6O3/c20-14-3-1-2-12(10-14)18-24-23-15-5-7-17(25-26(15)18)29-9-8-21-19(28)13-4-6-16(27)22-11-13/h1-7,10-11H,8-9H2,(H,21,28)(H,22,27). The fraction of sp³-hybridized carbons (Fsp3) is 0.105. The van der Waals surface area contributed by atoms with Gasteiger partial charge in [0.15, 0.2) is 11.5 Å². The number of benzene rings is 1. The fourth-order valence-electron chi connectivity index (χ4n) is 2.63. The molecule has 0 fully saturated rings. The highest BCUT2D eigenvalue weighted by atomic mass is 19.1. The molecular weight excluding hydrogens is 379 g/mol. The predicted octanol–water partition coefficient (Wildman–Crippen LogP) is 1.43. The van der Waals surface area contributed by atoms with E-state index in [1.807, 2.05) is 0 Å². The molecule has 0 spiro atoms. The summed E-state index contributed by atoms with van der Waals surface area (Å²) in [5, 5.41) is 15.1. The van der Waals surface area contributed by atoms with Crippen molar-refractivity contribution >= 4 is 11.6 Å². The van der Waals surface area contributed by atoms with E-state index in [1.165, 1.54) is 35.0 Å². The molecule has 29 heavy (non-hydrogen) atoms. The van der Waals surface area contributed by atoms with Crippen molar-refractivity contribution in [1.29, 1.82) is 0 Å². The minimum absolute atomic E-state index is 0.172. The lowest BCUT2D eigenvalue weighted by molar-refractivity contribution is 0.0946. The smallest absolute Gasteiger partial charge is 0.252 e. The number of halogens is 1. The van der Waals surface area contributed by atoms with E-state index in [0.717, 1.165) is 0 Å². The number of hydrogen-bond donors (Lipinski definition) is 2. The maximum Gasteiger partial charge on any atom is 0.252 e. The molecule has 0 saturated heterocycles. The number of aromatic amines is 1. The number of aromatic nitrogens is 5. The Morgan fingerprint density at radius 2 is 2.07 bits per heavy atom. The Balaban J connectivity index is 1.41. The van der Waals surface area contributed by atoms with Crippen LogP contribution >= 0.6 is 0 Å². The number of carbonyl (C=O) groups excluding carboxylic acids is 1. The molecule has 10 heteroatoms. The van der Waals surface area contributed by atoms with E-state index < -0.39 is 0 Å². The predicted molar refractivity (Wildman–Crippen MR) is 101 cm³/mol. The Morgan fingerprint density at radius 3 is 2.86 bits per heavy atom. The summed E-state index contributed by atoms with van der Waals surface area (Å²) in [4.78, 5) is 25.4. The molecule has 1 amide bonds. The average molecular weight is 394 g/mol. The second-order valence-corrected chi connectivity index (χ2v) is 6.02. The van der Waals surface area contributed by atoms with Crippen LogP contribution in [0.2, 0.25) is 0 Å². The lowest BCUT2D eigenvalue weighted by atomic mass is 10.2. The number of pyridine rings is 1. The van der Waals surface area contributed by atoms with Crippen molar-refractivity contribution in [3.05, 3.63) is 76.5 Å². The van der Waals surface area contributed by atoms with Gasteiger partial charge in [-0.1, -0.05) is 12.1 Å². The van der Waals surface area contributed by atoms with E-state index in [9.17, 15) is 14.0 Å². The van der Waals surface area contributed by atoms with Crippen molar-refractivity contribution in [2.75, 3.05) is 13.2 Å². The maximum atomic E-state index is 13.5. The Bertz CT molecular complexity index is 1220. The van der Waals surface area contributed by atoms with E-state index in [0.29, 0.717) is 28.5 Å². The SMILES string of the molecule is O=C(NCCOc1ccc2nnc(-c3cccc(F)c3)n2n1)c1ccc(=O)[nH]c1. The zero-order valence-corrected chi connectivity index (χ0v) is 15.0. The van der Waals surface area contributed by atoms with Crippen molar-refractivity contribution in [3.8, 4) is 17.3 Å². The van der Waals surface area contributed by atoms with Gasteiger partial charge in [-0.15, -0.1) is 15.3 Å². The average Bonchev–Trinajstić information content (AvgIpc) is 3.15. The topological polar surface area (TPSA) is 114 Å². The second kappa shape index (κ2) is 7.89. The molecule has 0 saturated carbocycles. The van der Waals surface area contributed by atoms with Crippen LogP contribution in [0.4, 0.5) is 4.39 Å². The summed E-state index contributed by atoms with van der Waals surface area (Å²) < 4.78 is 20.5. The zero-order valence-electron chi connectivity index (χ0n) is 15.0. The molecule has 0 aliphatic carbocycles. The van der Waals surface area contributed by atoms with E-state index in [1.54, 1.807) is 24.3 Å². The molecule has 0 unspecified atom stereocenters. The molecule has 4 rings (SSSR count). The molecule has 3 heterocycles. The molecule has 9 nitrogen and oxygen atoms in total. The van der Waals surface area contributed by atoms with Crippen molar-refractivity contribution in [2.45, 2.75) is 0 Å². The van der Waals surface area contributed by atoms with Crippen LogP contribution in [0.3, 0.4) is 0 Å². The maximum absolute atomic E-state index is 13.5. The number of H-pyrrole nitrogens is 1. The van der Waals surface area contributed by atoms with Gasteiger partial charge in [0.25, 0.3) is 5.91 Å². The molecule has 0 bridgehead atoms. The summed E-state index contributed by atoms with van der Waals surface area (Å²) in [5.74, 6) is -0.0325. The first-order valence-electron chi connectivity index (χ1n) is 8.68. The summed E-state index contributed by atoms with van der Waals surface area (Å²) in [7, 11) is 0. The van der Waals surface area contributed by atoms with Gasteiger partial charge in [0.1, 0.15) is 12.4 Å². The third kappa shape index (κ3) is 4.10. The molecule has 0 aliphatic rings. The molecular formula is C19H15FN6O3. The molecule has 0 atom stereocenters. The molecule has 0 aliphatic heterocycles. The van der Waals surface area contributed by atoms with Gasteiger partial charge >= 0.3 is 0 Å². The van der Waals surface area contributed by atoms with Gasteiger partial charge in [-0.25, -0.2) is 4.39 Å². The van der Waals surface area contributed by atoms with Gasteiger partial charge in [0.2, 0.25) is 11.4 Å². The van der Waals surface area contributed by atoms with Crippen LogP contribution in [-0.2, 0) is 0 Å². The molecule has 146 valence electrons. The largest absolute Gasteiger partial charge is 0.475 e. The number of ether oxygens (including phenoxy) is 1. The number of rotatable bonds is 6. The number of carbonyl (C=O) groups is 1. The monoisotopic (exact) mass is 394 g/mol. The highest BCUT2D eigenvalue weighted by Gasteiger charge is 2.11. The summed E-state index contributed by atoms with van der Waals surface area (Å²) in [6.45, 7) is 0.404. The van der Waals surface area contributed by atoms with Crippen LogP contribution in [0.25, 0.3) is 17.0 Å². The first-order valence-corrected chi connectivity index (χ1v) is 8.68. The third-order valence-corrected chi connectivity index (χ3v) is 4.01. The first kappa shape index (κ1) is 18.3. The van der Waals surface area contributed by atoms with Crippen molar-refractivity contribution in [1.82, 2.24) is 30.1 Å². The van der Waals surface area contributed by atoms with Gasteiger partial charge < -0.3 is 15.0 Å². The normalized spacial score (nSPS) is 10.8. The minimum atomic E-state index is -0.384. The number of nitrogens with one attached hydrogen (secondary N) is 2. The van der Waals surface area contributed by atoms with E-state index in [4.69, 9.17) is 4.74 Å². The highest BCUT2D eigenvalue weighted by Crippen LogP contribution is 2.19. The Hall–Kier alpha value is -4.08. The molecule has 0 radical (unpaired) electrons. The molecule has 1 aromatic carbocycles. The number of amides is 1. The van der Waals surface area contributed by atoms with Gasteiger partial charge in [-0.2, -0.15) is 4.52 Å². The van der Waals surface area contributed by atoms with Crippen molar-refractivity contribution < 1.29 is 13.9 Å². The van der Waals surface area contributed by atoms with Crippen LogP contribution in [-0.4, -0.2) is 43.9 Å². The molecule has 2 N–H and O–H groups in total. The molecule has 3 aromatic heterocycles. The lowest BCUT2D eigenvalue weighted by Gasteiger charge is -2.07. The summed E-state index contributed by atoms with van der Waals surface area (Å²) in [5.41, 5.74) is 1.09. The zero-order chi connectivity index (χ0) is 20.2. The van der Waals surface area contributed by atoms with Crippen molar-refractivity contribution in [2.24, 2.45) is 0 Å². The minimum Gasteiger partial charge on any atom is -0.475 e. The Morgan fingerprint density at radius 1 is 1.17 bits per heavy atom. The van der Waals surface area contributed by atoms with E-state index in [-0.39, 0.29) is 30.4 Å². The van der Waals surface area contributed by atoms with E-state index in [2.05, 4.69) is 25.6 Å². The van der Waals surface area contributed by atoms with Crippen LogP contribution < -0.4 is 15.6 Å². The lowest BCUT2D eigenvalue weighted by Crippen LogP contribution is -2.28. The third-order valence-electron chi connectivity index (χ3n) is 4.01. The van der Waals surface area contributed by atoms with Gasteiger partial charge in [-0.05, 0) is 24.3 Å². The van der Waals surface area contributed by atoms with Gasteiger partial charge in [0.05, 0.1) is 12.1 Å². The van der Waals surface area contributed by atoms with Crippen molar-refractivity contribution in [3.63, 3.8) is 0 Å².